The third kappa shape index (κ3) is 2.53. The van der Waals surface area contributed by atoms with Gasteiger partial charge in [0, 0.05) is 32.2 Å². The summed E-state index contributed by atoms with van der Waals surface area (Å²) in [5, 5.41) is 0. The minimum absolute atomic E-state index is 0.806. The molecule has 0 bridgehead atoms. The zero-order chi connectivity index (χ0) is 11.4. The first-order valence-corrected chi connectivity index (χ1v) is 5.14. The van der Waals surface area contributed by atoms with Gasteiger partial charge in [-0.15, -0.1) is 0 Å². The lowest BCUT2D eigenvalue weighted by Gasteiger charge is -2.17. The molecule has 4 heteroatoms. The molecule has 0 saturated carbocycles. The van der Waals surface area contributed by atoms with E-state index in [9.17, 15) is 0 Å². The number of aryl methyl sites for hydroxylation is 1. The maximum absolute atomic E-state index is 4.42. The molecule has 0 aromatic carbocycles. The fourth-order valence-corrected chi connectivity index (χ4v) is 1.48. The second-order valence-corrected chi connectivity index (χ2v) is 3.73. The first-order valence-electron chi connectivity index (χ1n) is 5.14. The van der Waals surface area contributed by atoms with Crippen molar-refractivity contribution in [1.82, 2.24) is 15.0 Å². The van der Waals surface area contributed by atoms with E-state index in [1.807, 2.05) is 26.1 Å². The van der Waals surface area contributed by atoms with Gasteiger partial charge in [0.2, 0.25) is 0 Å². The van der Waals surface area contributed by atoms with Crippen LogP contribution in [0.1, 0.15) is 11.3 Å². The van der Waals surface area contributed by atoms with Crippen molar-refractivity contribution in [2.45, 2.75) is 13.5 Å². The minimum atomic E-state index is 0.806. The van der Waals surface area contributed by atoms with Crippen molar-refractivity contribution in [3.05, 3.63) is 48.2 Å². The number of anilines is 1. The maximum atomic E-state index is 4.42. The Morgan fingerprint density at radius 2 is 1.88 bits per heavy atom. The summed E-state index contributed by atoms with van der Waals surface area (Å²) in [7, 11) is 2.00. The van der Waals surface area contributed by atoms with E-state index >= 15 is 0 Å². The Kier molecular flexibility index (Phi) is 3.10. The van der Waals surface area contributed by atoms with Crippen LogP contribution in [0.3, 0.4) is 0 Å². The highest BCUT2D eigenvalue weighted by Gasteiger charge is 2.03. The van der Waals surface area contributed by atoms with Gasteiger partial charge in [-0.2, -0.15) is 0 Å². The van der Waals surface area contributed by atoms with Crippen molar-refractivity contribution in [1.29, 1.82) is 0 Å². The first kappa shape index (κ1) is 10.5. The van der Waals surface area contributed by atoms with E-state index in [0.29, 0.717) is 0 Å². The summed E-state index contributed by atoms with van der Waals surface area (Å²) < 4.78 is 0. The van der Waals surface area contributed by atoms with Crippen molar-refractivity contribution in [2.75, 3.05) is 11.9 Å². The fraction of sp³-hybridized carbons (Fsp3) is 0.250. The normalized spacial score (nSPS) is 10.1. The van der Waals surface area contributed by atoms with Crippen LogP contribution >= 0.6 is 0 Å². The topological polar surface area (TPSA) is 41.9 Å². The van der Waals surface area contributed by atoms with Crippen LogP contribution in [0.5, 0.6) is 0 Å². The molecule has 0 spiro atoms. The monoisotopic (exact) mass is 214 g/mol. The summed E-state index contributed by atoms with van der Waals surface area (Å²) in [4.78, 5) is 14.6. The van der Waals surface area contributed by atoms with E-state index in [-0.39, 0.29) is 0 Å². The Morgan fingerprint density at radius 3 is 2.56 bits per heavy atom. The van der Waals surface area contributed by atoms with Crippen molar-refractivity contribution in [2.24, 2.45) is 0 Å². The van der Waals surface area contributed by atoms with Crippen LogP contribution < -0.4 is 4.90 Å². The van der Waals surface area contributed by atoms with Crippen LogP contribution in [0.25, 0.3) is 0 Å². The summed E-state index contributed by atoms with van der Waals surface area (Å²) in [5.74, 6) is 0.886. The molecule has 16 heavy (non-hydrogen) atoms. The van der Waals surface area contributed by atoms with Gasteiger partial charge in [-0.1, -0.05) is 0 Å². The number of pyridine rings is 1. The molecule has 0 aliphatic rings. The predicted octanol–water partition coefficient (Wildman–Crippen LogP) is 1.82. The molecule has 2 aromatic heterocycles. The number of aromatic nitrogens is 3. The standard InChI is InChI=1S/C12H14N4/c1-10-7-14-8-12(15-10)16(2)9-11-3-5-13-6-4-11/h3-8H,9H2,1-2H3. The smallest absolute Gasteiger partial charge is 0.147 e. The van der Waals surface area contributed by atoms with Crippen LogP contribution in [0.2, 0.25) is 0 Å². The summed E-state index contributed by atoms with van der Waals surface area (Å²) >= 11 is 0. The highest BCUT2D eigenvalue weighted by Crippen LogP contribution is 2.10. The summed E-state index contributed by atoms with van der Waals surface area (Å²) in [6.45, 7) is 2.75. The fourth-order valence-electron chi connectivity index (χ4n) is 1.48. The van der Waals surface area contributed by atoms with Gasteiger partial charge in [0.25, 0.3) is 0 Å². The Hall–Kier alpha value is -1.97. The summed E-state index contributed by atoms with van der Waals surface area (Å²) in [6.07, 6.45) is 7.12. The van der Waals surface area contributed by atoms with Crippen LogP contribution in [0.15, 0.2) is 36.9 Å². The predicted molar refractivity (Wildman–Crippen MR) is 63.1 cm³/mol. The third-order valence-corrected chi connectivity index (χ3v) is 2.30. The van der Waals surface area contributed by atoms with Crippen LogP contribution in [0.4, 0.5) is 5.82 Å². The third-order valence-electron chi connectivity index (χ3n) is 2.30. The molecule has 0 atom stereocenters. The van der Waals surface area contributed by atoms with Crippen LogP contribution in [-0.4, -0.2) is 22.0 Å². The van der Waals surface area contributed by atoms with Gasteiger partial charge < -0.3 is 4.90 Å². The molecule has 0 radical (unpaired) electrons. The highest BCUT2D eigenvalue weighted by molar-refractivity contribution is 5.36. The van der Waals surface area contributed by atoms with E-state index in [1.165, 1.54) is 5.56 Å². The van der Waals surface area contributed by atoms with Gasteiger partial charge in [0.15, 0.2) is 0 Å². The lowest BCUT2D eigenvalue weighted by Crippen LogP contribution is -2.18. The Balaban J connectivity index is 2.12. The van der Waals surface area contributed by atoms with E-state index in [1.54, 1.807) is 24.8 Å². The van der Waals surface area contributed by atoms with Gasteiger partial charge in [-0.05, 0) is 24.6 Å². The molecule has 0 saturated heterocycles. The molecule has 82 valence electrons. The molecule has 0 aliphatic carbocycles. The van der Waals surface area contributed by atoms with E-state index in [2.05, 4.69) is 19.9 Å². The number of nitrogens with zero attached hydrogens (tertiary/aromatic N) is 4. The summed E-state index contributed by atoms with van der Waals surface area (Å²) in [5.41, 5.74) is 2.14. The van der Waals surface area contributed by atoms with Crippen LogP contribution in [-0.2, 0) is 6.54 Å². The van der Waals surface area contributed by atoms with Gasteiger partial charge >= 0.3 is 0 Å². The molecule has 2 heterocycles. The average Bonchev–Trinajstić information content (AvgIpc) is 2.30. The molecule has 2 aromatic rings. The SMILES string of the molecule is Cc1cncc(N(C)Cc2ccncc2)n1. The molecular weight excluding hydrogens is 200 g/mol. The number of rotatable bonds is 3. The minimum Gasteiger partial charge on any atom is -0.354 e. The molecule has 0 fully saturated rings. The highest BCUT2D eigenvalue weighted by atomic mass is 15.2. The zero-order valence-corrected chi connectivity index (χ0v) is 9.46. The molecule has 2 rings (SSSR count). The van der Waals surface area contributed by atoms with Crippen molar-refractivity contribution < 1.29 is 0 Å². The lowest BCUT2D eigenvalue weighted by molar-refractivity contribution is 0.880. The molecule has 0 amide bonds. The Morgan fingerprint density at radius 1 is 1.12 bits per heavy atom. The molecule has 4 nitrogen and oxygen atoms in total. The van der Waals surface area contributed by atoms with E-state index in [0.717, 1.165) is 18.1 Å². The summed E-state index contributed by atoms with van der Waals surface area (Å²) in [6, 6.07) is 4.00. The number of hydrogen-bond donors (Lipinski definition) is 0. The van der Waals surface area contributed by atoms with Gasteiger partial charge in [-0.25, -0.2) is 4.98 Å². The number of hydrogen-bond acceptors (Lipinski definition) is 4. The van der Waals surface area contributed by atoms with Crippen molar-refractivity contribution in [3.8, 4) is 0 Å². The Bertz CT molecular complexity index is 456. The molecule has 0 aliphatic heterocycles. The first-order chi connectivity index (χ1) is 7.75. The van der Waals surface area contributed by atoms with Gasteiger partial charge in [0.05, 0.1) is 11.9 Å². The van der Waals surface area contributed by atoms with E-state index in [4.69, 9.17) is 0 Å². The van der Waals surface area contributed by atoms with Crippen molar-refractivity contribution >= 4 is 5.82 Å². The second kappa shape index (κ2) is 4.70. The Labute approximate surface area is 95.0 Å². The zero-order valence-electron chi connectivity index (χ0n) is 9.46. The van der Waals surface area contributed by atoms with Crippen LogP contribution in [0, 0.1) is 6.92 Å². The molecule has 0 N–H and O–H groups in total. The molecular formula is C12H14N4. The maximum Gasteiger partial charge on any atom is 0.147 e. The molecule has 0 unspecified atom stereocenters. The quantitative estimate of drug-likeness (QED) is 0.781. The second-order valence-electron chi connectivity index (χ2n) is 3.73. The lowest BCUT2D eigenvalue weighted by atomic mass is 10.2. The van der Waals surface area contributed by atoms with Gasteiger partial charge in [0.1, 0.15) is 5.82 Å². The van der Waals surface area contributed by atoms with Gasteiger partial charge in [-0.3, -0.25) is 9.97 Å². The van der Waals surface area contributed by atoms with Crippen molar-refractivity contribution in [3.63, 3.8) is 0 Å². The largest absolute Gasteiger partial charge is 0.354 e. The average molecular weight is 214 g/mol. The van der Waals surface area contributed by atoms with E-state index < -0.39 is 0 Å².